The maximum atomic E-state index is 11.3. The summed E-state index contributed by atoms with van der Waals surface area (Å²) in [6, 6.07) is 3.15. The molecule has 0 aromatic carbocycles. The van der Waals surface area contributed by atoms with Crippen molar-refractivity contribution in [2.45, 2.75) is 45.3 Å². The van der Waals surface area contributed by atoms with Gasteiger partial charge in [0.2, 0.25) is 0 Å². The smallest absolute Gasteiger partial charge is 0.376 e. The van der Waals surface area contributed by atoms with Gasteiger partial charge < -0.3 is 25.0 Å². The summed E-state index contributed by atoms with van der Waals surface area (Å²) >= 11 is 0. The highest BCUT2D eigenvalue weighted by molar-refractivity contribution is 6.06. The molecule has 4 rings (SSSR count). The van der Waals surface area contributed by atoms with Crippen molar-refractivity contribution in [1.29, 1.82) is 5.41 Å². The highest BCUT2D eigenvalue weighted by Crippen LogP contribution is 2.59. The van der Waals surface area contributed by atoms with E-state index in [1.54, 1.807) is 12.1 Å². The Kier molecular flexibility index (Phi) is 3.21. The lowest BCUT2D eigenvalue weighted by Gasteiger charge is -2.42. The van der Waals surface area contributed by atoms with Gasteiger partial charge in [-0.2, -0.15) is 0 Å². The molecule has 1 saturated carbocycles. The summed E-state index contributed by atoms with van der Waals surface area (Å²) in [5.41, 5.74) is -0.0667. The van der Waals surface area contributed by atoms with Crippen molar-refractivity contribution in [2.75, 3.05) is 6.61 Å². The van der Waals surface area contributed by atoms with E-state index in [1.165, 1.54) is 0 Å². The molecule has 2 saturated heterocycles. The van der Waals surface area contributed by atoms with Gasteiger partial charge in [0, 0.05) is 16.5 Å². The molecule has 1 N–H and O–H groups in total. The largest absolute Gasteiger partial charge is 0.457 e. The van der Waals surface area contributed by atoms with E-state index in [4.69, 9.17) is 14.9 Å². The lowest BCUT2D eigenvalue weighted by atomic mass is 9.60. The molecule has 3 heterocycles. The average Bonchev–Trinajstić information content (AvgIpc) is 2.91. The zero-order valence-corrected chi connectivity index (χ0v) is 12.9. The van der Waals surface area contributed by atoms with Crippen molar-refractivity contribution < 1.29 is 14.4 Å². The van der Waals surface area contributed by atoms with Gasteiger partial charge in [-0.25, -0.2) is 0 Å². The zero-order valence-electron chi connectivity index (χ0n) is 12.9. The van der Waals surface area contributed by atoms with E-state index in [0.29, 0.717) is 6.61 Å². The molecule has 0 spiro atoms. The van der Waals surface area contributed by atoms with Crippen molar-refractivity contribution in [1.82, 2.24) is 4.98 Å². The Morgan fingerprint density at radius 1 is 1.50 bits per heavy atom. The summed E-state index contributed by atoms with van der Waals surface area (Å²) < 4.78 is 11.1. The topological polar surface area (TPSA) is 98.3 Å². The van der Waals surface area contributed by atoms with E-state index in [1.807, 2.05) is 20.8 Å². The van der Waals surface area contributed by atoms with Crippen LogP contribution in [0, 0.1) is 20.9 Å². The Morgan fingerprint density at radius 2 is 2.18 bits per heavy atom. The fourth-order valence-electron chi connectivity index (χ4n) is 3.50. The molecular formula is C15H19N3O4. The second-order valence-corrected chi connectivity index (χ2v) is 6.69. The summed E-state index contributed by atoms with van der Waals surface area (Å²) in [6.07, 6.45) is 1.35. The van der Waals surface area contributed by atoms with E-state index in [-0.39, 0.29) is 34.7 Å². The Balaban J connectivity index is 1.93. The predicted octanol–water partition coefficient (Wildman–Crippen LogP) is 2.71. The van der Waals surface area contributed by atoms with Crippen LogP contribution in [0.15, 0.2) is 12.1 Å². The first-order chi connectivity index (χ1) is 10.2. The molecule has 2 bridgehead atoms. The van der Waals surface area contributed by atoms with Gasteiger partial charge in [0.15, 0.2) is 0 Å². The molecular weight excluding hydrogens is 286 g/mol. The van der Waals surface area contributed by atoms with Crippen LogP contribution in [0.2, 0.25) is 0 Å². The van der Waals surface area contributed by atoms with Crippen LogP contribution < -0.4 is 4.74 Å². The Bertz CT molecular complexity index is 650. The first-order valence-electron chi connectivity index (χ1n) is 7.30. The summed E-state index contributed by atoms with van der Waals surface area (Å²) in [6.45, 7) is 6.11. The minimum Gasteiger partial charge on any atom is -0.457 e. The van der Waals surface area contributed by atoms with E-state index in [9.17, 15) is 10.1 Å². The molecule has 0 unspecified atom stereocenters. The standard InChI is InChI=1S/C15H19N3O4/c1-9(2)22-11-5-4-10(13(17-11)18(19)20)12(16)15-6-14(3,7-15)21-8-15/h4-5,9,16H,6-8H2,1-3H3. The number of nitrogens with one attached hydrogen (secondary N) is 1. The van der Waals surface area contributed by atoms with Crippen LogP contribution in [-0.4, -0.2) is 33.9 Å². The molecule has 3 fully saturated rings. The molecule has 3 aliphatic rings. The number of aromatic nitrogens is 1. The maximum Gasteiger partial charge on any atom is 0.376 e. The number of pyridine rings is 1. The Hall–Kier alpha value is -2.02. The van der Waals surface area contributed by atoms with Gasteiger partial charge >= 0.3 is 11.7 Å². The van der Waals surface area contributed by atoms with Crippen LogP contribution in [0.5, 0.6) is 5.88 Å². The van der Waals surface area contributed by atoms with E-state index < -0.39 is 10.3 Å². The molecule has 1 aliphatic carbocycles. The number of nitrogens with zero attached hydrogens (tertiary/aromatic N) is 2. The number of nitro groups is 1. The lowest BCUT2D eigenvalue weighted by molar-refractivity contribution is -0.389. The summed E-state index contributed by atoms with van der Waals surface area (Å²) in [5.74, 6) is -0.116. The first-order valence-corrected chi connectivity index (χ1v) is 7.30. The van der Waals surface area contributed by atoms with Crippen molar-refractivity contribution in [3.8, 4) is 5.88 Å². The van der Waals surface area contributed by atoms with Crippen LogP contribution in [0.1, 0.15) is 39.2 Å². The molecule has 7 heteroatoms. The van der Waals surface area contributed by atoms with Gasteiger partial charge in [-0.1, -0.05) is 0 Å². The molecule has 2 aliphatic heterocycles. The SMILES string of the molecule is CC(C)Oc1ccc(C(=N)C23COC(C)(C2)C3)c([N+](=O)[O-])n1. The Labute approximate surface area is 128 Å². The zero-order chi connectivity index (χ0) is 16.1. The molecule has 7 nitrogen and oxygen atoms in total. The van der Waals surface area contributed by atoms with Crippen molar-refractivity contribution in [2.24, 2.45) is 5.41 Å². The Morgan fingerprint density at radius 3 is 2.68 bits per heavy atom. The number of hydrogen-bond acceptors (Lipinski definition) is 6. The molecule has 0 atom stereocenters. The van der Waals surface area contributed by atoms with Crippen LogP contribution in [0.3, 0.4) is 0 Å². The number of fused-ring (bicyclic) bond motifs is 1. The minimum absolute atomic E-state index is 0.119. The van der Waals surface area contributed by atoms with Crippen molar-refractivity contribution in [3.63, 3.8) is 0 Å². The summed E-state index contributed by atoms with van der Waals surface area (Å²) in [4.78, 5) is 14.7. The average molecular weight is 305 g/mol. The number of hydrogen-bond donors (Lipinski definition) is 1. The van der Waals surface area contributed by atoms with Gasteiger partial charge in [0.1, 0.15) is 0 Å². The summed E-state index contributed by atoms with van der Waals surface area (Å²) in [7, 11) is 0. The molecule has 22 heavy (non-hydrogen) atoms. The highest BCUT2D eigenvalue weighted by atomic mass is 16.6. The minimum atomic E-state index is -0.554. The highest BCUT2D eigenvalue weighted by Gasteiger charge is 2.62. The third-order valence-electron chi connectivity index (χ3n) is 4.30. The molecule has 0 radical (unpaired) electrons. The first kappa shape index (κ1) is 14.9. The van der Waals surface area contributed by atoms with E-state index >= 15 is 0 Å². The summed E-state index contributed by atoms with van der Waals surface area (Å²) in [5, 5.41) is 19.7. The second-order valence-electron chi connectivity index (χ2n) is 6.69. The van der Waals surface area contributed by atoms with Crippen molar-refractivity contribution >= 4 is 11.5 Å². The van der Waals surface area contributed by atoms with Crippen LogP contribution >= 0.6 is 0 Å². The third-order valence-corrected chi connectivity index (χ3v) is 4.30. The monoisotopic (exact) mass is 305 g/mol. The lowest BCUT2D eigenvalue weighted by Crippen LogP contribution is -2.47. The van der Waals surface area contributed by atoms with E-state index in [0.717, 1.165) is 12.8 Å². The molecule has 1 aromatic heterocycles. The fourth-order valence-corrected chi connectivity index (χ4v) is 3.50. The quantitative estimate of drug-likeness (QED) is 0.512. The van der Waals surface area contributed by atoms with Crippen LogP contribution in [-0.2, 0) is 4.74 Å². The maximum absolute atomic E-state index is 11.3. The van der Waals surface area contributed by atoms with Crippen LogP contribution in [0.25, 0.3) is 0 Å². The van der Waals surface area contributed by atoms with E-state index in [2.05, 4.69) is 4.98 Å². The predicted molar refractivity (Wildman–Crippen MR) is 79.5 cm³/mol. The third kappa shape index (κ3) is 2.25. The molecule has 0 amide bonds. The van der Waals surface area contributed by atoms with Gasteiger partial charge in [0.25, 0.3) is 0 Å². The number of rotatable bonds is 5. The second kappa shape index (κ2) is 4.74. The van der Waals surface area contributed by atoms with Gasteiger partial charge in [0.05, 0.1) is 29.6 Å². The fraction of sp³-hybridized carbons (Fsp3) is 0.600. The van der Waals surface area contributed by atoms with Crippen molar-refractivity contribution in [3.05, 3.63) is 27.8 Å². The van der Waals surface area contributed by atoms with Gasteiger partial charge in [-0.3, -0.25) is 0 Å². The van der Waals surface area contributed by atoms with Crippen LogP contribution in [0.4, 0.5) is 5.82 Å². The van der Waals surface area contributed by atoms with Gasteiger partial charge in [-0.05, 0) is 44.6 Å². The molecule has 1 aromatic rings. The normalized spacial score (nSPS) is 29.3. The van der Waals surface area contributed by atoms with Gasteiger partial charge in [-0.15, -0.1) is 0 Å². The number of ether oxygens (including phenoxy) is 2. The molecule has 118 valence electrons.